The van der Waals surface area contributed by atoms with Crippen LogP contribution in [0.3, 0.4) is 0 Å². The van der Waals surface area contributed by atoms with Crippen molar-refractivity contribution in [3.05, 3.63) is 53.6 Å². The monoisotopic (exact) mass is 378 g/mol. The van der Waals surface area contributed by atoms with Crippen molar-refractivity contribution in [3.63, 3.8) is 0 Å². The third-order valence-electron chi connectivity index (χ3n) is 4.92. The van der Waals surface area contributed by atoms with Gasteiger partial charge in [0.2, 0.25) is 5.76 Å². The van der Waals surface area contributed by atoms with Crippen LogP contribution in [0.2, 0.25) is 0 Å². The minimum atomic E-state index is -0.279. The van der Waals surface area contributed by atoms with Crippen LogP contribution in [0.5, 0.6) is 0 Å². The summed E-state index contributed by atoms with van der Waals surface area (Å²) in [5, 5.41) is 6.96. The van der Waals surface area contributed by atoms with E-state index < -0.39 is 0 Å². The van der Waals surface area contributed by atoms with E-state index in [-0.39, 0.29) is 23.1 Å². The topological polar surface area (TPSA) is 107 Å². The molecule has 0 spiro atoms. The van der Waals surface area contributed by atoms with Crippen LogP contribution >= 0.6 is 0 Å². The first kappa shape index (κ1) is 18.2. The third kappa shape index (κ3) is 3.62. The van der Waals surface area contributed by atoms with Crippen LogP contribution in [0.4, 0.5) is 0 Å². The summed E-state index contributed by atoms with van der Waals surface area (Å²) in [5.74, 6) is 0.482. The van der Waals surface area contributed by atoms with Gasteiger partial charge in [0.05, 0.1) is 23.6 Å². The number of aryl methyl sites for hydroxylation is 1. The fourth-order valence-electron chi connectivity index (χ4n) is 3.53. The maximum Gasteiger partial charge on any atom is 0.290 e. The van der Waals surface area contributed by atoms with Gasteiger partial charge in [0.15, 0.2) is 5.82 Å². The van der Waals surface area contributed by atoms with Crippen LogP contribution in [-0.4, -0.2) is 31.0 Å². The number of aromatic nitrogens is 5. The van der Waals surface area contributed by atoms with E-state index in [0.29, 0.717) is 11.5 Å². The zero-order valence-corrected chi connectivity index (χ0v) is 16.1. The molecule has 0 saturated heterocycles. The first-order valence-electron chi connectivity index (χ1n) is 9.34. The number of hydrogen-bond donors (Lipinski definition) is 1. The molecule has 1 unspecified atom stereocenters. The van der Waals surface area contributed by atoms with Crippen LogP contribution in [0, 0.1) is 5.41 Å². The zero-order valence-electron chi connectivity index (χ0n) is 16.1. The Balaban J connectivity index is 1.63. The molecular formula is C20H22N6O2. The second-order valence-corrected chi connectivity index (χ2v) is 7.79. The highest BCUT2D eigenvalue weighted by atomic mass is 16.5. The predicted molar refractivity (Wildman–Crippen MR) is 101 cm³/mol. The van der Waals surface area contributed by atoms with Gasteiger partial charge in [-0.05, 0) is 24.7 Å². The van der Waals surface area contributed by atoms with Gasteiger partial charge in [-0.1, -0.05) is 25.9 Å². The Morgan fingerprint density at radius 2 is 2.14 bits per heavy atom. The van der Waals surface area contributed by atoms with Crippen molar-refractivity contribution in [1.29, 1.82) is 0 Å². The van der Waals surface area contributed by atoms with Gasteiger partial charge >= 0.3 is 0 Å². The highest BCUT2D eigenvalue weighted by molar-refractivity contribution is 5.91. The maximum absolute atomic E-state index is 12.6. The van der Waals surface area contributed by atoms with E-state index in [2.05, 4.69) is 39.3 Å². The molecule has 1 atom stereocenters. The number of rotatable bonds is 4. The number of carbonyl (C=O) groups is 1. The lowest BCUT2D eigenvalue weighted by molar-refractivity contribution is 0.0881. The summed E-state index contributed by atoms with van der Waals surface area (Å²) < 4.78 is 5.17. The standard InChI is InChI=1S/C20H22N6O2/c1-4-12-7-17(28-26-12)19(27)25-15-9-20(2,3)8-14-13(15)10-23-18(24-14)16-11-21-5-6-22-16/h5-7,10-11,15H,4,8-9H2,1-3H3,(H,25,27). The molecule has 1 N–H and O–H groups in total. The smallest absolute Gasteiger partial charge is 0.290 e. The Bertz CT molecular complexity index is 999. The quantitative estimate of drug-likeness (QED) is 0.744. The van der Waals surface area contributed by atoms with Gasteiger partial charge in [0, 0.05) is 30.2 Å². The summed E-state index contributed by atoms with van der Waals surface area (Å²) in [6.07, 6.45) is 8.96. The van der Waals surface area contributed by atoms with Crippen LogP contribution in [0.1, 0.15) is 60.7 Å². The van der Waals surface area contributed by atoms with Gasteiger partial charge in [-0.15, -0.1) is 0 Å². The lowest BCUT2D eigenvalue weighted by Crippen LogP contribution is -2.37. The fourth-order valence-corrected chi connectivity index (χ4v) is 3.53. The molecule has 0 bridgehead atoms. The van der Waals surface area contributed by atoms with Crippen molar-refractivity contribution in [2.24, 2.45) is 5.41 Å². The summed E-state index contributed by atoms with van der Waals surface area (Å²) in [6, 6.07) is 1.48. The average molecular weight is 378 g/mol. The Labute approximate surface area is 162 Å². The molecule has 3 heterocycles. The first-order valence-corrected chi connectivity index (χ1v) is 9.34. The summed E-state index contributed by atoms with van der Waals surface area (Å²) in [6.45, 7) is 6.30. The van der Waals surface area contributed by atoms with E-state index in [1.165, 1.54) is 0 Å². The second kappa shape index (κ2) is 7.10. The lowest BCUT2D eigenvalue weighted by Gasteiger charge is -2.36. The minimum absolute atomic E-state index is 0.0189. The normalized spacial score (nSPS) is 17.8. The van der Waals surface area contributed by atoms with Gasteiger partial charge < -0.3 is 9.84 Å². The van der Waals surface area contributed by atoms with Gasteiger partial charge in [-0.3, -0.25) is 9.78 Å². The van der Waals surface area contributed by atoms with Crippen LogP contribution in [0.25, 0.3) is 11.5 Å². The maximum atomic E-state index is 12.6. The van der Waals surface area contributed by atoms with Gasteiger partial charge in [-0.25, -0.2) is 15.0 Å². The molecule has 3 aromatic heterocycles. The van der Waals surface area contributed by atoms with Crippen LogP contribution in [0.15, 0.2) is 35.4 Å². The highest BCUT2D eigenvalue weighted by Crippen LogP contribution is 2.40. The van der Waals surface area contributed by atoms with E-state index in [1.807, 2.05) is 6.92 Å². The van der Waals surface area contributed by atoms with E-state index in [4.69, 9.17) is 9.51 Å². The van der Waals surface area contributed by atoms with Crippen molar-refractivity contribution in [2.75, 3.05) is 0 Å². The molecule has 1 aliphatic carbocycles. The Kier molecular flexibility index (Phi) is 4.62. The molecule has 0 saturated carbocycles. The van der Waals surface area contributed by atoms with Gasteiger partial charge in [0.25, 0.3) is 5.91 Å². The molecule has 0 aromatic carbocycles. The van der Waals surface area contributed by atoms with Crippen LogP contribution < -0.4 is 5.32 Å². The van der Waals surface area contributed by atoms with Crippen LogP contribution in [-0.2, 0) is 12.8 Å². The molecule has 1 aliphatic rings. The number of amides is 1. The molecule has 28 heavy (non-hydrogen) atoms. The first-order chi connectivity index (χ1) is 13.4. The van der Waals surface area contributed by atoms with Crippen molar-refractivity contribution in [3.8, 4) is 11.5 Å². The Morgan fingerprint density at radius 1 is 1.29 bits per heavy atom. The number of hydrogen-bond acceptors (Lipinski definition) is 7. The SMILES string of the molecule is CCc1cc(C(=O)NC2CC(C)(C)Cc3nc(-c4cnccn4)ncc32)on1. The van der Waals surface area contributed by atoms with E-state index in [1.54, 1.807) is 30.9 Å². The molecule has 1 amide bonds. The Morgan fingerprint density at radius 3 is 2.86 bits per heavy atom. The lowest BCUT2D eigenvalue weighted by atomic mass is 9.74. The predicted octanol–water partition coefficient (Wildman–Crippen LogP) is 2.93. The summed E-state index contributed by atoms with van der Waals surface area (Å²) in [5.41, 5.74) is 3.21. The summed E-state index contributed by atoms with van der Waals surface area (Å²) >= 11 is 0. The zero-order chi connectivity index (χ0) is 19.7. The number of fused-ring (bicyclic) bond motifs is 1. The van der Waals surface area contributed by atoms with E-state index in [0.717, 1.165) is 36.2 Å². The minimum Gasteiger partial charge on any atom is -0.351 e. The largest absolute Gasteiger partial charge is 0.351 e. The molecule has 0 radical (unpaired) electrons. The van der Waals surface area contributed by atoms with Crippen molar-refractivity contribution in [2.45, 2.75) is 46.1 Å². The summed E-state index contributed by atoms with van der Waals surface area (Å²) in [7, 11) is 0. The molecule has 0 aliphatic heterocycles. The third-order valence-corrected chi connectivity index (χ3v) is 4.92. The highest BCUT2D eigenvalue weighted by Gasteiger charge is 2.35. The summed E-state index contributed by atoms with van der Waals surface area (Å²) in [4.78, 5) is 30.2. The molecule has 8 heteroatoms. The van der Waals surface area contributed by atoms with E-state index in [9.17, 15) is 4.79 Å². The van der Waals surface area contributed by atoms with E-state index >= 15 is 0 Å². The fraction of sp³-hybridized carbons (Fsp3) is 0.400. The molecule has 0 fully saturated rings. The molecule has 4 rings (SSSR count). The van der Waals surface area contributed by atoms with Crippen molar-refractivity contribution < 1.29 is 9.32 Å². The molecule has 8 nitrogen and oxygen atoms in total. The Hall–Kier alpha value is -3.16. The molecular weight excluding hydrogens is 356 g/mol. The van der Waals surface area contributed by atoms with Gasteiger partial charge in [0.1, 0.15) is 5.69 Å². The number of carbonyl (C=O) groups excluding carboxylic acids is 1. The molecule has 144 valence electrons. The number of nitrogens with zero attached hydrogens (tertiary/aromatic N) is 5. The number of nitrogens with one attached hydrogen (secondary N) is 1. The molecule has 3 aromatic rings. The average Bonchev–Trinajstić information content (AvgIpc) is 3.17. The van der Waals surface area contributed by atoms with Gasteiger partial charge in [-0.2, -0.15) is 0 Å². The van der Waals surface area contributed by atoms with Crippen molar-refractivity contribution in [1.82, 2.24) is 30.4 Å². The second-order valence-electron chi connectivity index (χ2n) is 7.79. The van der Waals surface area contributed by atoms with Crippen molar-refractivity contribution >= 4 is 5.91 Å².